The highest BCUT2D eigenvalue weighted by atomic mass is 19.4. The highest BCUT2D eigenvalue weighted by molar-refractivity contribution is 5.94. The first-order valence-corrected chi connectivity index (χ1v) is 6.43. The Morgan fingerprint density at radius 1 is 1.33 bits per heavy atom. The maximum Gasteiger partial charge on any atom is 0.419 e. The van der Waals surface area contributed by atoms with Gasteiger partial charge in [-0.25, -0.2) is 4.39 Å². The van der Waals surface area contributed by atoms with Crippen molar-refractivity contribution in [2.24, 2.45) is 5.92 Å². The summed E-state index contributed by atoms with van der Waals surface area (Å²) in [4.78, 5) is 11.9. The number of carbonyl (C=O) groups is 1. The van der Waals surface area contributed by atoms with Crippen LogP contribution in [0.2, 0.25) is 0 Å². The first-order chi connectivity index (χ1) is 9.65. The average molecular weight is 307 g/mol. The Bertz CT molecular complexity index is 500. The molecule has 1 unspecified atom stereocenters. The van der Waals surface area contributed by atoms with Gasteiger partial charge in [-0.2, -0.15) is 13.2 Å². The molecular weight excluding hydrogens is 290 g/mol. The van der Waals surface area contributed by atoms with E-state index in [9.17, 15) is 22.4 Å². The molecule has 1 rings (SSSR count). The molecule has 0 aromatic heterocycles. The Hall–Kier alpha value is -1.63. The third kappa shape index (κ3) is 5.00. The molecule has 0 saturated carbocycles. The number of carbonyl (C=O) groups excluding carboxylic acids is 1. The molecule has 0 aliphatic rings. The summed E-state index contributed by atoms with van der Waals surface area (Å²) in [5.74, 6) is -2.01. The van der Waals surface area contributed by atoms with Crippen LogP contribution < -0.4 is 5.32 Å². The molecule has 118 valence electrons. The van der Waals surface area contributed by atoms with E-state index in [1.807, 2.05) is 13.8 Å². The Kier molecular flexibility index (Phi) is 5.71. The van der Waals surface area contributed by atoms with Crippen LogP contribution in [0.1, 0.15) is 36.2 Å². The molecule has 3 nitrogen and oxygen atoms in total. The number of benzene rings is 1. The Balaban J connectivity index is 2.93. The highest BCUT2D eigenvalue weighted by Gasteiger charge is 2.34. The van der Waals surface area contributed by atoms with Crippen LogP contribution in [0.5, 0.6) is 0 Å². The van der Waals surface area contributed by atoms with E-state index in [-0.39, 0.29) is 18.1 Å². The van der Waals surface area contributed by atoms with Crippen molar-refractivity contribution < 1.29 is 27.5 Å². The zero-order valence-corrected chi connectivity index (χ0v) is 11.7. The number of hydrogen-bond acceptors (Lipinski definition) is 2. The molecule has 1 aromatic carbocycles. The van der Waals surface area contributed by atoms with Crippen LogP contribution in [0, 0.1) is 11.7 Å². The average Bonchev–Trinajstić information content (AvgIpc) is 2.36. The second-order valence-electron chi connectivity index (χ2n) is 5.17. The molecule has 21 heavy (non-hydrogen) atoms. The number of alkyl halides is 3. The van der Waals surface area contributed by atoms with Gasteiger partial charge in [0.25, 0.3) is 5.91 Å². The van der Waals surface area contributed by atoms with Gasteiger partial charge in [0.2, 0.25) is 0 Å². The van der Waals surface area contributed by atoms with Crippen molar-refractivity contribution in [2.75, 3.05) is 6.61 Å². The molecule has 1 amide bonds. The van der Waals surface area contributed by atoms with Gasteiger partial charge in [-0.3, -0.25) is 4.79 Å². The zero-order chi connectivity index (χ0) is 16.2. The van der Waals surface area contributed by atoms with Gasteiger partial charge in [0.05, 0.1) is 18.2 Å². The maximum absolute atomic E-state index is 13.1. The van der Waals surface area contributed by atoms with Crippen LogP contribution in [0.15, 0.2) is 18.2 Å². The molecule has 0 saturated heterocycles. The molecule has 1 aromatic rings. The first kappa shape index (κ1) is 17.4. The Morgan fingerprint density at radius 2 is 1.95 bits per heavy atom. The van der Waals surface area contributed by atoms with Gasteiger partial charge in [-0.1, -0.05) is 13.8 Å². The van der Waals surface area contributed by atoms with Gasteiger partial charge < -0.3 is 10.4 Å². The van der Waals surface area contributed by atoms with E-state index in [0.717, 1.165) is 6.07 Å². The fourth-order valence-electron chi connectivity index (χ4n) is 1.90. The largest absolute Gasteiger partial charge is 0.419 e. The molecule has 0 radical (unpaired) electrons. The normalized spacial score (nSPS) is 13.3. The second kappa shape index (κ2) is 6.89. The minimum absolute atomic E-state index is 0.196. The molecule has 0 bridgehead atoms. The molecule has 0 aliphatic carbocycles. The van der Waals surface area contributed by atoms with E-state index < -0.39 is 29.5 Å². The lowest BCUT2D eigenvalue weighted by molar-refractivity contribution is -0.140. The fourth-order valence-corrected chi connectivity index (χ4v) is 1.90. The molecule has 0 spiro atoms. The maximum atomic E-state index is 13.1. The quantitative estimate of drug-likeness (QED) is 0.822. The number of halogens is 4. The first-order valence-electron chi connectivity index (χ1n) is 6.43. The fraction of sp³-hybridized carbons (Fsp3) is 0.500. The van der Waals surface area contributed by atoms with Crippen LogP contribution in [0.4, 0.5) is 17.6 Å². The van der Waals surface area contributed by atoms with Gasteiger partial charge in [0.15, 0.2) is 0 Å². The number of rotatable bonds is 5. The Morgan fingerprint density at radius 3 is 2.43 bits per heavy atom. The number of hydrogen-bond donors (Lipinski definition) is 2. The molecule has 0 heterocycles. The van der Waals surface area contributed by atoms with E-state index in [2.05, 4.69) is 5.32 Å². The van der Waals surface area contributed by atoms with Crippen LogP contribution in [-0.2, 0) is 6.18 Å². The van der Waals surface area contributed by atoms with Gasteiger partial charge in [0, 0.05) is 5.56 Å². The standard InChI is InChI=1S/C14H17F4NO2/c1-8(2)5-10(7-20)19-13(21)9-3-4-12(15)11(6-9)14(16,17)18/h3-4,6,8,10,20H,5,7H2,1-2H3,(H,19,21). The summed E-state index contributed by atoms with van der Waals surface area (Å²) in [6, 6.07) is 1.49. The van der Waals surface area contributed by atoms with E-state index in [0.29, 0.717) is 18.6 Å². The van der Waals surface area contributed by atoms with Crippen molar-refractivity contribution in [3.05, 3.63) is 35.1 Å². The predicted molar refractivity (Wildman–Crippen MR) is 69.2 cm³/mol. The highest BCUT2D eigenvalue weighted by Crippen LogP contribution is 2.31. The predicted octanol–water partition coefficient (Wildman–Crippen LogP) is 2.98. The van der Waals surface area contributed by atoms with Gasteiger partial charge in [-0.15, -0.1) is 0 Å². The van der Waals surface area contributed by atoms with Gasteiger partial charge in [-0.05, 0) is 30.5 Å². The van der Waals surface area contributed by atoms with Crippen molar-refractivity contribution in [3.8, 4) is 0 Å². The minimum Gasteiger partial charge on any atom is -0.394 e. The summed E-state index contributed by atoms with van der Waals surface area (Å²) in [5, 5.41) is 11.6. The van der Waals surface area contributed by atoms with E-state index in [1.54, 1.807) is 0 Å². The smallest absolute Gasteiger partial charge is 0.394 e. The van der Waals surface area contributed by atoms with Crippen molar-refractivity contribution >= 4 is 5.91 Å². The summed E-state index contributed by atoms with van der Waals surface area (Å²) in [7, 11) is 0. The Labute approximate surface area is 120 Å². The van der Waals surface area contributed by atoms with Crippen molar-refractivity contribution in [2.45, 2.75) is 32.5 Å². The van der Waals surface area contributed by atoms with E-state index in [4.69, 9.17) is 5.11 Å². The number of amides is 1. The second-order valence-corrected chi connectivity index (χ2v) is 5.17. The van der Waals surface area contributed by atoms with E-state index in [1.165, 1.54) is 0 Å². The SMILES string of the molecule is CC(C)CC(CO)NC(=O)c1ccc(F)c(C(F)(F)F)c1. The lowest BCUT2D eigenvalue weighted by atomic mass is 10.0. The lowest BCUT2D eigenvalue weighted by Gasteiger charge is -2.18. The summed E-state index contributed by atoms with van der Waals surface area (Å²) >= 11 is 0. The van der Waals surface area contributed by atoms with Crippen LogP contribution >= 0.6 is 0 Å². The molecule has 0 aliphatic heterocycles. The summed E-state index contributed by atoms with van der Waals surface area (Å²) in [6.07, 6.45) is -4.38. The summed E-state index contributed by atoms with van der Waals surface area (Å²) < 4.78 is 50.9. The molecule has 0 fully saturated rings. The van der Waals surface area contributed by atoms with Crippen molar-refractivity contribution in [1.29, 1.82) is 0 Å². The van der Waals surface area contributed by atoms with Crippen LogP contribution in [-0.4, -0.2) is 23.7 Å². The molecular formula is C14H17F4NO2. The number of nitrogens with one attached hydrogen (secondary N) is 1. The number of aliphatic hydroxyl groups is 1. The van der Waals surface area contributed by atoms with Gasteiger partial charge >= 0.3 is 6.18 Å². The van der Waals surface area contributed by atoms with Crippen LogP contribution in [0.3, 0.4) is 0 Å². The van der Waals surface area contributed by atoms with Crippen molar-refractivity contribution in [3.63, 3.8) is 0 Å². The molecule has 1 atom stereocenters. The summed E-state index contributed by atoms with van der Waals surface area (Å²) in [5.41, 5.74) is -1.79. The third-order valence-electron chi connectivity index (χ3n) is 2.85. The van der Waals surface area contributed by atoms with Gasteiger partial charge in [0.1, 0.15) is 5.82 Å². The van der Waals surface area contributed by atoms with E-state index >= 15 is 0 Å². The number of aliphatic hydroxyl groups excluding tert-OH is 1. The van der Waals surface area contributed by atoms with Crippen LogP contribution in [0.25, 0.3) is 0 Å². The minimum atomic E-state index is -4.87. The lowest BCUT2D eigenvalue weighted by Crippen LogP contribution is -2.38. The molecule has 7 heteroatoms. The molecule has 2 N–H and O–H groups in total. The summed E-state index contributed by atoms with van der Waals surface area (Å²) in [6.45, 7) is 3.44. The monoisotopic (exact) mass is 307 g/mol. The zero-order valence-electron chi connectivity index (χ0n) is 11.7. The van der Waals surface area contributed by atoms with Crippen molar-refractivity contribution in [1.82, 2.24) is 5.32 Å². The topological polar surface area (TPSA) is 49.3 Å². The third-order valence-corrected chi connectivity index (χ3v) is 2.85.